The van der Waals surface area contributed by atoms with E-state index in [1.165, 1.54) is 11.3 Å². The van der Waals surface area contributed by atoms with Gasteiger partial charge in [-0.05, 0) is 12.1 Å². The number of hydrogen-bond acceptors (Lipinski definition) is 6. The first kappa shape index (κ1) is 10.7. The van der Waals surface area contributed by atoms with Crippen LogP contribution in [0.2, 0.25) is 0 Å². The van der Waals surface area contributed by atoms with Gasteiger partial charge in [-0.15, -0.1) is 16.4 Å². The number of rotatable bonds is 2. The minimum absolute atomic E-state index is 0.251. The third-order valence-corrected chi connectivity index (χ3v) is 3.49. The van der Waals surface area contributed by atoms with Crippen LogP contribution >= 0.6 is 11.3 Å². The fraction of sp³-hybridized carbons (Fsp3) is 0.0909. The fourth-order valence-electron chi connectivity index (χ4n) is 1.59. The second-order valence-electron chi connectivity index (χ2n) is 3.49. The van der Waals surface area contributed by atoms with Gasteiger partial charge in [-0.1, -0.05) is 0 Å². The Morgan fingerprint density at radius 2 is 2.28 bits per heavy atom. The van der Waals surface area contributed by atoms with Crippen LogP contribution in [-0.4, -0.2) is 27.5 Å². The molecule has 88 valence electrons. The van der Waals surface area contributed by atoms with Crippen molar-refractivity contribution in [2.75, 3.05) is 7.11 Å². The van der Waals surface area contributed by atoms with Gasteiger partial charge in [0.05, 0.1) is 17.3 Å². The van der Waals surface area contributed by atoms with E-state index in [-0.39, 0.29) is 5.69 Å². The van der Waals surface area contributed by atoms with Crippen molar-refractivity contribution in [3.8, 4) is 22.5 Å². The van der Waals surface area contributed by atoms with Gasteiger partial charge >= 0.3 is 0 Å². The molecule has 3 aromatic rings. The summed E-state index contributed by atoms with van der Waals surface area (Å²) in [4.78, 5) is 4.44. The number of nitriles is 1. The highest BCUT2D eigenvalue weighted by Crippen LogP contribution is 2.31. The van der Waals surface area contributed by atoms with Gasteiger partial charge in [0, 0.05) is 6.07 Å². The summed E-state index contributed by atoms with van der Waals surface area (Å²) in [6, 6.07) is 7.63. The number of aromatic nitrogens is 4. The van der Waals surface area contributed by atoms with Crippen molar-refractivity contribution >= 4 is 21.6 Å². The topological polar surface area (TPSA) is 87.5 Å². The molecule has 0 amide bonds. The van der Waals surface area contributed by atoms with Crippen LogP contribution in [0.4, 0.5) is 0 Å². The molecule has 0 fully saturated rings. The predicted molar refractivity (Wildman–Crippen MR) is 66.3 cm³/mol. The largest absolute Gasteiger partial charge is 0.497 e. The van der Waals surface area contributed by atoms with Crippen molar-refractivity contribution < 1.29 is 4.74 Å². The van der Waals surface area contributed by atoms with Crippen molar-refractivity contribution in [3.05, 3.63) is 23.9 Å². The average molecular weight is 257 g/mol. The molecule has 18 heavy (non-hydrogen) atoms. The van der Waals surface area contributed by atoms with E-state index < -0.39 is 0 Å². The van der Waals surface area contributed by atoms with Crippen LogP contribution in [-0.2, 0) is 0 Å². The van der Waals surface area contributed by atoms with Gasteiger partial charge in [0.1, 0.15) is 16.8 Å². The molecule has 0 atom stereocenters. The molecule has 0 aliphatic heterocycles. The Morgan fingerprint density at radius 1 is 1.39 bits per heavy atom. The summed E-state index contributed by atoms with van der Waals surface area (Å²) in [5.41, 5.74) is 1.56. The van der Waals surface area contributed by atoms with Gasteiger partial charge in [0.25, 0.3) is 0 Å². The van der Waals surface area contributed by atoms with E-state index in [1.807, 2.05) is 24.3 Å². The molecular weight excluding hydrogens is 250 g/mol. The first-order valence-corrected chi connectivity index (χ1v) is 5.89. The quantitative estimate of drug-likeness (QED) is 0.758. The number of ether oxygens (including phenoxy) is 1. The van der Waals surface area contributed by atoms with Gasteiger partial charge in [-0.2, -0.15) is 15.6 Å². The van der Waals surface area contributed by atoms with E-state index in [0.717, 1.165) is 16.0 Å². The summed E-state index contributed by atoms with van der Waals surface area (Å²) in [7, 11) is 1.61. The summed E-state index contributed by atoms with van der Waals surface area (Å²) in [5.74, 6) is 0.750. The number of H-pyrrole nitrogens is 1. The van der Waals surface area contributed by atoms with Gasteiger partial charge in [-0.25, -0.2) is 4.98 Å². The van der Waals surface area contributed by atoms with Crippen molar-refractivity contribution in [1.82, 2.24) is 20.4 Å². The number of thiazole rings is 1. The molecule has 0 aliphatic rings. The number of aromatic amines is 1. The standard InChI is InChI=1S/C11H7N5OS/c1-17-6-2-3-9-7(4-6)13-11(18-9)10-8(5-12)14-16-15-10/h2-4H,1H3,(H,14,15,16). The maximum absolute atomic E-state index is 8.91. The Kier molecular flexibility index (Phi) is 2.42. The number of hydrogen-bond donors (Lipinski definition) is 1. The molecule has 1 N–H and O–H groups in total. The molecule has 7 heteroatoms. The zero-order valence-corrected chi connectivity index (χ0v) is 10.2. The van der Waals surface area contributed by atoms with Crippen LogP contribution in [0.25, 0.3) is 20.9 Å². The lowest BCUT2D eigenvalue weighted by molar-refractivity contribution is 0.415. The molecule has 1 aromatic carbocycles. The van der Waals surface area contributed by atoms with Gasteiger partial charge in [0.15, 0.2) is 11.4 Å². The van der Waals surface area contributed by atoms with E-state index in [2.05, 4.69) is 20.4 Å². The number of nitrogens with zero attached hydrogens (tertiary/aromatic N) is 4. The monoisotopic (exact) mass is 257 g/mol. The highest BCUT2D eigenvalue weighted by atomic mass is 32.1. The van der Waals surface area contributed by atoms with Crippen LogP contribution in [0.1, 0.15) is 5.69 Å². The molecule has 0 saturated heterocycles. The molecule has 0 spiro atoms. The van der Waals surface area contributed by atoms with E-state index in [1.54, 1.807) is 7.11 Å². The molecule has 6 nitrogen and oxygen atoms in total. The Bertz CT molecular complexity index is 754. The normalized spacial score (nSPS) is 10.4. The Hall–Kier alpha value is -2.46. The number of nitrogens with one attached hydrogen (secondary N) is 1. The average Bonchev–Trinajstić information content (AvgIpc) is 3.03. The highest BCUT2D eigenvalue weighted by molar-refractivity contribution is 7.21. The number of methoxy groups -OCH3 is 1. The van der Waals surface area contributed by atoms with Crippen LogP contribution in [0.5, 0.6) is 5.75 Å². The maximum atomic E-state index is 8.91. The number of fused-ring (bicyclic) bond motifs is 1. The minimum Gasteiger partial charge on any atom is -0.497 e. The second kappa shape index (κ2) is 4.09. The molecule has 0 bridgehead atoms. The summed E-state index contributed by atoms with van der Waals surface area (Å²) >= 11 is 1.46. The molecule has 2 aromatic heterocycles. The molecule has 3 rings (SSSR count). The lowest BCUT2D eigenvalue weighted by Crippen LogP contribution is -1.82. The summed E-state index contributed by atoms with van der Waals surface area (Å²) in [5, 5.41) is 19.7. The van der Waals surface area contributed by atoms with Gasteiger partial charge in [-0.3, -0.25) is 0 Å². The smallest absolute Gasteiger partial charge is 0.192 e. The Morgan fingerprint density at radius 3 is 3.06 bits per heavy atom. The van der Waals surface area contributed by atoms with E-state index >= 15 is 0 Å². The summed E-state index contributed by atoms with van der Waals surface area (Å²) in [6.45, 7) is 0. The lowest BCUT2D eigenvalue weighted by Gasteiger charge is -1.96. The van der Waals surface area contributed by atoms with Crippen molar-refractivity contribution in [3.63, 3.8) is 0 Å². The Labute approximate surface area is 106 Å². The lowest BCUT2D eigenvalue weighted by atomic mass is 10.3. The van der Waals surface area contributed by atoms with Gasteiger partial charge < -0.3 is 4.74 Å². The predicted octanol–water partition coefficient (Wildman–Crippen LogP) is 1.96. The number of benzene rings is 1. The van der Waals surface area contributed by atoms with Gasteiger partial charge in [0.2, 0.25) is 0 Å². The molecule has 0 saturated carbocycles. The highest BCUT2D eigenvalue weighted by Gasteiger charge is 2.14. The third-order valence-electron chi connectivity index (χ3n) is 2.45. The van der Waals surface area contributed by atoms with Crippen LogP contribution in [0, 0.1) is 11.3 Å². The van der Waals surface area contributed by atoms with E-state index in [4.69, 9.17) is 10.00 Å². The maximum Gasteiger partial charge on any atom is 0.192 e. The van der Waals surface area contributed by atoms with Crippen molar-refractivity contribution in [2.24, 2.45) is 0 Å². The van der Waals surface area contributed by atoms with Crippen molar-refractivity contribution in [2.45, 2.75) is 0 Å². The molecule has 2 heterocycles. The molecular formula is C11H7N5OS. The van der Waals surface area contributed by atoms with Crippen LogP contribution < -0.4 is 4.74 Å². The first-order chi connectivity index (χ1) is 8.81. The SMILES string of the molecule is COc1ccc2sc(-c3n[nH]nc3C#N)nc2c1. The zero-order valence-electron chi connectivity index (χ0n) is 9.34. The third kappa shape index (κ3) is 1.59. The second-order valence-corrected chi connectivity index (χ2v) is 4.52. The summed E-state index contributed by atoms with van der Waals surface area (Å²) in [6.07, 6.45) is 0. The van der Waals surface area contributed by atoms with Crippen LogP contribution in [0.3, 0.4) is 0 Å². The van der Waals surface area contributed by atoms with E-state index in [0.29, 0.717) is 10.7 Å². The Balaban J connectivity index is 2.17. The fourth-order valence-corrected chi connectivity index (χ4v) is 2.53. The molecule has 0 radical (unpaired) electrons. The summed E-state index contributed by atoms with van der Waals surface area (Å²) < 4.78 is 6.16. The molecule has 0 unspecified atom stereocenters. The zero-order chi connectivity index (χ0) is 12.5. The molecule has 0 aliphatic carbocycles. The minimum atomic E-state index is 0.251. The van der Waals surface area contributed by atoms with Crippen LogP contribution in [0.15, 0.2) is 18.2 Å². The van der Waals surface area contributed by atoms with Crippen molar-refractivity contribution in [1.29, 1.82) is 5.26 Å². The van der Waals surface area contributed by atoms with E-state index in [9.17, 15) is 0 Å². The first-order valence-electron chi connectivity index (χ1n) is 5.07.